The van der Waals surface area contributed by atoms with E-state index in [2.05, 4.69) is 82.4 Å². The van der Waals surface area contributed by atoms with Crippen molar-refractivity contribution in [3.8, 4) is 0 Å². The summed E-state index contributed by atoms with van der Waals surface area (Å²) in [5.41, 5.74) is 3.68. The van der Waals surface area contributed by atoms with E-state index in [-0.39, 0.29) is 0 Å². The van der Waals surface area contributed by atoms with Gasteiger partial charge in [0.2, 0.25) is 0 Å². The molecule has 0 aliphatic carbocycles. The third kappa shape index (κ3) is 4.14. The fraction of sp³-hybridized carbons (Fsp3) is 0.211. The first-order valence-electron chi connectivity index (χ1n) is 7.69. The summed E-state index contributed by atoms with van der Waals surface area (Å²) >= 11 is 5.60. The monoisotopic (exact) mass is 387 g/mol. The molecule has 0 saturated heterocycles. The highest BCUT2D eigenvalue weighted by Crippen LogP contribution is 2.33. The smallest absolute Gasteiger partial charge is 0.294 e. The molecule has 2 aromatic rings. The first-order valence-corrected chi connectivity index (χ1v) is 9.47. The van der Waals surface area contributed by atoms with E-state index in [4.69, 9.17) is 4.99 Å². The second-order valence-electron chi connectivity index (χ2n) is 5.52. The van der Waals surface area contributed by atoms with Crippen molar-refractivity contribution >= 4 is 33.4 Å². The fourth-order valence-electron chi connectivity index (χ4n) is 2.77. The maximum absolute atomic E-state index is 4.99. The topological polar surface area (TPSA) is 29.0 Å². The van der Waals surface area contributed by atoms with Crippen molar-refractivity contribution in [2.75, 3.05) is 5.75 Å². The zero-order chi connectivity index (χ0) is 16.1. The Morgan fingerprint density at radius 3 is 2.48 bits per heavy atom. The SMILES string of the molecule is C=CCS[C@]1(Br)N=C(c2ccccc2)C[C@H](c2ccccc2)[NH2+]1. The largest absolute Gasteiger partial charge is 0.298 e. The lowest BCUT2D eigenvalue weighted by molar-refractivity contribution is -0.717. The summed E-state index contributed by atoms with van der Waals surface area (Å²) in [5.74, 6) is 0.856. The van der Waals surface area contributed by atoms with Crippen LogP contribution in [0.15, 0.2) is 78.3 Å². The number of alkyl halides is 1. The number of nitrogens with two attached hydrogens (primary N) is 1. The summed E-state index contributed by atoms with van der Waals surface area (Å²) in [6.45, 7) is 3.83. The van der Waals surface area contributed by atoms with Gasteiger partial charge in [-0.1, -0.05) is 78.5 Å². The molecule has 0 spiro atoms. The number of thioether (sulfide) groups is 1. The van der Waals surface area contributed by atoms with E-state index in [1.165, 1.54) is 11.1 Å². The molecule has 3 rings (SSSR count). The van der Waals surface area contributed by atoms with Crippen molar-refractivity contribution in [1.29, 1.82) is 0 Å². The van der Waals surface area contributed by atoms with E-state index in [1.54, 1.807) is 11.8 Å². The summed E-state index contributed by atoms with van der Waals surface area (Å²) in [7, 11) is 0. The lowest BCUT2D eigenvalue weighted by Gasteiger charge is -2.32. The van der Waals surface area contributed by atoms with E-state index in [0.717, 1.165) is 17.9 Å². The molecule has 0 amide bonds. The summed E-state index contributed by atoms with van der Waals surface area (Å²) in [5, 5.41) is 2.31. The third-order valence-electron chi connectivity index (χ3n) is 3.85. The Kier molecular flexibility index (Phi) is 5.36. The average Bonchev–Trinajstić information content (AvgIpc) is 2.61. The molecular formula is C19H20BrN2S+. The van der Waals surface area contributed by atoms with Gasteiger partial charge in [0.25, 0.3) is 3.90 Å². The number of rotatable bonds is 5. The molecule has 1 aliphatic heterocycles. The number of halogens is 1. The van der Waals surface area contributed by atoms with Crippen LogP contribution in [0, 0.1) is 0 Å². The maximum Gasteiger partial charge on any atom is 0.294 e. The molecule has 0 unspecified atom stereocenters. The van der Waals surface area contributed by atoms with E-state index < -0.39 is 3.90 Å². The minimum absolute atomic E-state index is 0.348. The van der Waals surface area contributed by atoms with E-state index in [1.807, 2.05) is 12.1 Å². The van der Waals surface area contributed by atoms with Gasteiger partial charge >= 0.3 is 0 Å². The van der Waals surface area contributed by atoms with Gasteiger partial charge in [-0.2, -0.15) is 0 Å². The molecule has 1 heterocycles. The highest BCUT2D eigenvalue weighted by Gasteiger charge is 2.39. The predicted octanol–water partition coefficient (Wildman–Crippen LogP) is 4.11. The van der Waals surface area contributed by atoms with Gasteiger partial charge in [-0.15, -0.1) is 6.58 Å². The van der Waals surface area contributed by atoms with Crippen LogP contribution in [0.25, 0.3) is 0 Å². The van der Waals surface area contributed by atoms with Gasteiger partial charge in [0.15, 0.2) is 0 Å². The van der Waals surface area contributed by atoms with Gasteiger partial charge in [0.1, 0.15) is 6.04 Å². The highest BCUT2D eigenvalue weighted by molar-refractivity contribution is 9.11. The van der Waals surface area contributed by atoms with Gasteiger partial charge < -0.3 is 0 Å². The van der Waals surface area contributed by atoms with Crippen LogP contribution in [0.4, 0.5) is 0 Å². The van der Waals surface area contributed by atoms with Crippen molar-refractivity contribution in [2.45, 2.75) is 16.4 Å². The molecule has 2 N–H and O–H groups in total. The minimum Gasteiger partial charge on any atom is -0.298 e. The molecule has 1 aliphatic rings. The van der Waals surface area contributed by atoms with E-state index >= 15 is 0 Å². The molecule has 4 heteroatoms. The second-order valence-corrected chi connectivity index (χ2v) is 8.50. The van der Waals surface area contributed by atoms with Crippen LogP contribution in [-0.4, -0.2) is 15.4 Å². The second kappa shape index (κ2) is 7.47. The number of hydrogen-bond acceptors (Lipinski definition) is 2. The predicted molar refractivity (Wildman–Crippen MR) is 103 cm³/mol. The Morgan fingerprint density at radius 1 is 1.17 bits per heavy atom. The van der Waals surface area contributed by atoms with Gasteiger partial charge in [-0.05, 0) is 5.56 Å². The Morgan fingerprint density at radius 2 is 1.83 bits per heavy atom. The minimum atomic E-state index is -0.398. The zero-order valence-corrected chi connectivity index (χ0v) is 15.3. The fourth-order valence-corrected chi connectivity index (χ4v) is 4.48. The average molecular weight is 388 g/mol. The van der Waals surface area contributed by atoms with Crippen LogP contribution in [-0.2, 0) is 0 Å². The summed E-state index contributed by atoms with van der Waals surface area (Å²) in [4.78, 5) is 4.99. The lowest BCUT2D eigenvalue weighted by atomic mass is 9.96. The van der Waals surface area contributed by atoms with Gasteiger partial charge in [0.05, 0.1) is 5.71 Å². The van der Waals surface area contributed by atoms with Gasteiger partial charge in [-0.3, -0.25) is 5.32 Å². The molecule has 0 aromatic heterocycles. The van der Waals surface area contributed by atoms with Gasteiger partial charge in [0, 0.05) is 33.7 Å². The first kappa shape index (κ1) is 16.5. The molecule has 2 nitrogen and oxygen atoms in total. The van der Waals surface area contributed by atoms with Crippen LogP contribution in [0.3, 0.4) is 0 Å². The normalized spacial score (nSPS) is 24.0. The Balaban J connectivity index is 1.95. The summed E-state index contributed by atoms with van der Waals surface area (Å²) in [6.07, 6.45) is 2.85. The van der Waals surface area contributed by atoms with Crippen molar-refractivity contribution < 1.29 is 5.32 Å². The highest BCUT2D eigenvalue weighted by atomic mass is 79.9. The zero-order valence-electron chi connectivity index (χ0n) is 12.9. The van der Waals surface area contributed by atoms with Crippen molar-refractivity contribution in [2.24, 2.45) is 4.99 Å². The molecule has 2 atom stereocenters. The number of nitrogens with zero attached hydrogens (tertiary/aromatic N) is 1. The van der Waals surface area contributed by atoms with Crippen LogP contribution in [0.5, 0.6) is 0 Å². The Bertz CT molecular complexity index is 687. The van der Waals surface area contributed by atoms with Crippen LogP contribution in [0.2, 0.25) is 0 Å². The molecule has 0 radical (unpaired) electrons. The molecule has 118 valence electrons. The molecule has 0 bridgehead atoms. The van der Waals surface area contributed by atoms with Crippen LogP contribution in [0.1, 0.15) is 23.6 Å². The number of aliphatic imine (C=N–C) groups is 1. The van der Waals surface area contributed by atoms with E-state index in [0.29, 0.717) is 6.04 Å². The van der Waals surface area contributed by atoms with Crippen LogP contribution < -0.4 is 5.32 Å². The van der Waals surface area contributed by atoms with Crippen LogP contribution >= 0.6 is 27.7 Å². The lowest BCUT2D eigenvalue weighted by Crippen LogP contribution is -2.95. The molecule has 0 fully saturated rings. The third-order valence-corrected chi connectivity index (χ3v) is 6.01. The number of benzene rings is 2. The Labute approximate surface area is 150 Å². The van der Waals surface area contributed by atoms with Crippen molar-refractivity contribution in [3.05, 3.63) is 84.4 Å². The molecule has 0 saturated carbocycles. The number of quaternary nitrogens is 1. The maximum atomic E-state index is 4.99. The number of hydrogen-bond donors (Lipinski definition) is 1. The molecule has 2 aromatic carbocycles. The van der Waals surface area contributed by atoms with E-state index in [9.17, 15) is 0 Å². The molecular weight excluding hydrogens is 368 g/mol. The molecule has 23 heavy (non-hydrogen) atoms. The van der Waals surface area contributed by atoms with Gasteiger partial charge in [-0.25, -0.2) is 4.99 Å². The van der Waals surface area contributed by atoms with Crippen molar-refractivity contribution in [1.82, 2.24) is 0 Å². The quantitative estimate of drug-likeness (QED) is 0.466. The summed E-state index contributed by atoms with van der Waals surface area (Å²) in [6, 6.07) is 21.5. The summed E-state index contributed by atoms with van der Waals surface area (Å²) < 4.78 is -0.398. The van der Waals surface area contributed by atoms with Crippen molar-refractivity contribution in [3.63, 3.8) is 0 Å². The first-order chi connectivity index (χ1) is 11.2. The Hall–Kier alpha value is -1.36. The standard InChI is InChI=1S/C19H19BrN2S/c1-2-13-23-19(20)21-17(15-9-5-3-6-10-15)14-18(22-19)16-11-7-4-8-12-16/h2-12,17,21H,1,13-14H2/p+1/t17-,19+/m1/s1.